The summed E-state index contributed by atoms with van der Waals surface area (Å²) in [6.45, 7) is 7.43. The van der Waals surface area contributed by atoms with E-state index in [1.54, 1.807) is 0 Å². The molecule has 5 nitrogen and oxygen atoms in total. The standard InChI is InChI=1S/C12H22N4O/c1-9(2)16-6-4-10(5-7-16)12-14-11(8-13-3)15-17-12/h9-10,13H,4-8H2,1-3H3. The fourth-order valence-electron chi connectivity index (χ4n) is 2.33. The molecule has 2 heterocycles. The Morgan fingerprint density at radius 2 is 2.12 bits per heavy atom. The number of rotatable bonds is 4. The molecule has 1 aliphatic rings. The third-order valence-electron chi connectivity index (χ3n) is 3.43. The van der Waals surface area contributed by atoms with Crippen molar-refractivity contribution in [2.75, 3.05) is 20.1 Å². The van der Waals surface area contributed by atoms with Gasteiger partial charge in [0.1, 0.15) is 0 Å². The minimum atomic E-state index is 0.447. The Morgan fingerprint density at radius 3 is 2.71 bits per heavy atom. The Labute approximate surface area is 103 Å². The minimum absolute atomic E-state index is 0.447. The fraction of sp³-hybridized carbons (Fsp3) is 0.833. The number of aromatic nitrogens is 2. The van der Waals surface area contributed by atoms with Gasteiger partial charge >= 0.3 is 0 Å². The average Bonchev–Trinajstić information content (AvgIpc) is 2.78. The molecule has 2 rings (SSSR count). The molecule has 0 spiro atoms. The Kier molecular flexibility index (Phi) is 4.12. The van der Waals surface area contributed by atoms with Crippen LogP contribution in [0.3, 0.4) is 0 Å². The lowest BCUT2D eigenvalue weighted by molar-refractivity contribution is 0.160. The van der Waals surface area contributed by atoms with Crippen LogP contribution in [0.15, 0.2) is 4.52 Å². The molecule has 0 amide bonds. The van der Waals surface area contributed by atoms with E-state index in [9.17, 15) is 0 Å². The van der Waals surface area contributed by atoms with Crippen molar-refractivity contribution in [3.05, 3.63) is 11.7 Å². The second-order valence-corrected chi connectivity index (χ2v) is 4.98. The first-order valence-corrected chi connectivity index (χ1v) is 6.42. The smallest absolute Gasteiger partial charge is 0.229 e. The van der Waals surface area contributed by atoms with E-state index >= 15 is 0 Å². The molecule has 0 aromatic carbocycles. The van der Waals surface area contributed by atoms with Crippen LogP contribution in [-0.2, 0) is 6.54 Å². The van der Waals surface area contributed by atoms with Gasteiger partial charge in [-0.1, -0.05) is 5.16 Å². The summed E-state index contributed by atoms with van der Waals surface area (Å²) in [6.07, 6.45) is 2.25. The van der Waals surface area contributed by atoms with Gasteiger partial charge in [-0.2, -0.15) is 4.98 Å². The Morgan fingerprint density at radius 1 is 1.41 bits per heavy atom. The lowest BCUT2D eigenvalue weighted by Crippen LogP contribution is -2.37. The maximum atomic E-state index is 5.33. The zero-order valence-electron chi connectivity index (χ0n) is 10.9. The predicted molar refractivity (Wildman–Crippen MR) is 65.7 cm³/mol. The van der Waals surface area contributed by atoms with Gasteiger partial charge in [0.25, 0.3) is 0 Å². The maximum absolute atomic E-state index is 5.33. The number of hydrogen-bond donors (Lipinski definition) is 1. The monoisotopic (exact) mass is 238 g/mol. The molecule has 1 saturated heterocycles. The van der Waals surface area contributed by atoms with E-state index in [4.69, 9.17) is 4.52 Å². The molecule has 0 bridgehead atoms. The highest BCUT2D eigenvalue weighted by Gasteiger charge is 2.25. The quantitative estimate of drug-likeness (QED) is 0.858. The molecular formula is C12H22N4O. The highest BCUT2D eigenvalue weighted by Crippen LogP contribution is 2.27. The summed E-state index contributed by atoms with van der Waals surface area (Å²) in [7, 11) is 1.89. The van der Waals surface area contributed by atoms with Gasteiger partial charge in [-0.25, -0.2) is 0 Å². The molecule has 1 aromatic heterocycles. The third-order valence-corrected chi connectivity index (χ3v) is 3.43. The van der Waals surface area contributed by atoms with Gasteiger partial charge in [-0.3, -0.25) is 0 Å². The topological polar surface area (TPSA) is 54.2 Å². The molecule has 1 N–H and O–H groups in total. The molecule has 0 radical (unpaired) electrons. The van der Waals surface area contributed by atoms with Crippen LogP contribution in [0.1, 0.15) is 44.3 Å². The van der Waals surface area contributed by atoms with E-state index < -0.39 is 0 Å². The van der Waals surface area contributed by atoms with Crippen molar-refractivity contribution < 1.29 is 4.52 Å². The first-order chi connectivity index (χ1) is 8.20. The molecule has 0 atom stereocenters. The number of likely N-dealkylation sites (tertiary alicyclic amines) is 1. The molecule has 5 heteroatoms. The summed E-state index contributed by atoms with van der Waals surface area (Å²) >= 11 is 0. The molecule has 1 fully saturated rings. The van der Waals surface area contributed by atoms with E-state index in [-0.39, 0.29) is 0 Å². The summed E-state index contributed by atoms with van der Waals surface area (Å²) in [5, 5.41) is 7.00. The van der Waals surface area contributed by atoms with Crippen LogP contribution < -0.4 is 5.32 Å². The molecule has 1 aromatic rings. The fourth-order valence-corrected chi connectivity index (χ4v) is 2.33. The van der Waals surface area contributed by atoms with Gasteiger partial charge < -0.3 is 14.7 Å². The third kappa shape index (κ3) is 3.04. The van der Waals surface area contributed by atoms with Crippen LogP contribution in [0.2, 0.25) is 0 Å². The van der Waals surface area contributed by atoms with Crippen molar-refractivity contribution in [2.24, 2.45) is 0 Å². The zero-order valence-corrected chi connectivity index (χ0v) is 10.9. The van der Waals surface area contributed by atoms with Gasteiger partial charge in [0.05, 0.1) is 6.54 Å². The van der Waals surface area contributed by atoms with Gasteiger partial charge in [-0.05, 0) is 46.8 Å². The number of piperidine rings is 1. The molecule has 0 unspecified atom stereocenters. The molecule has 1 aliphatic heterocycles. The lowest BCUT2D eigenvalue weighted by Gasteiger charge is -2.33. The van der Waals surface area contributed by atoms with Crippen LogP contribution >= 0.6 is 0 Å². The van der Waals surface area contributed by atoms with E-state index in [1.807, 2.05) is 7.05 Å². The van der Waals surface area contributed by atoms with Crippen LogP contribution in [0.5, 0.6) is 0 Å². The second-order valence-electron chi connectivity index (χ2n) is 4.98. The minimum Gasteiger partial charge on any atom is -0.339 e. The summed E-state index contributed by atoms with van der Waals surface area (Å²) in [5.41, 5.74) is 0. The molecular weight excluding hydrogens is 216 g/mol. The Balaban J connectivity index is 1.91. The predicted octanol–water partition coefficient (Wildman–Crippen LogP) is 1.38. The van der Waals surface area contributed by atoms with E-state index in [2.05, 4.69) is 34.2 Å². The molecule has 17 heavy (non-hydrogen) atoms. The molecule has 96 valence electrons. The Hall–Kier alpha value is -0.940. The first kappa shape index (κ1) is 12.5. The highest BCUT2D eigenvalue weighted by atomic mass is 16.5. The van der Waals surface area contributed by atoms with E-state index in [0.717, 1.165) is 37.6 Å². The number of nitrogens with zero attached hydrogens (tertiary/aromatic N) is 3. The number of nitrogens with one attached hydrogen (secondary N) is 1. The number of hydrogen-bond acceptors (Lipinski definition) is 5. The van der Waals surface area contributed by atoms with Crippen molar-refractivity contribution >= 4 is 0 Å². The van der Waals surface area contributed by atoms with Crippen molar-refractivity contribution in [1.82, 2.24) is 20.4 Å². The largest absolute Gasteiger partial charge is 0.339 e. The molecule has 0 aliphatic carbocycles. The van der Waals surface area contributed by atoms with Crippen LogP contribution in [0.25, 0.3) is 0 Å². The summed E-state index contributed by atoms with van der Waals surface area (Å²) in [6, 6.07) is 0.637. The summed E-state index contributed by atoms with van der Waals surface area (Å²) < 4.78 is 5.33. The van der Waals surface area contributed by atoms with Crippen LogP contribution in [0.4, 0.5) is 0 Å². The maximum Gasteiger partial charge on any atom is 0.229 e. The van der Waals surface area contributed by atoms with Crippen molar-refractivity contribution in [3.63, 3.8) is 0 Å². The van der Waals surface area contributed by atoms with Gasteiger partial charge in [0.15, 0.2) is 5.82 Å². The molecule has 0 saturated carbocycles. The zero-order chi connectivity index (χ0) is 12.3. The van der Waals surface area contributed by atoms with E-state index in [1.165, 1.54) is 0 Å². The summed E-state index contributed by atoms with van der Waals surface area (Å²) in [5.74, 6) is 2.02. The van der Waals surface area contributed by atoms with Gasteiger partial charge in [0, 0.05) is 12.0 Å². The normalized spacial score (nSPS) is 19.1. The van der Waals surface area contributed by atoms with Crippen molar-refractivity contribution in [2.45, 2.75) is 45.2 Å². The first-order valence-electron chi connectivity index (χ1n) is 6.42. The lowest BCUT2D eigenvalue weighted by atomic mass is 9.96. The van der Waals surface area contributed by atoms with Gasteiger partial charge in [0.2, 0.25) is 5.89 Å². The average molecular weight is 238 g/mol. The van der Waals surface area contributed by atoms with Crippen LogP contribution in [-0.4, -0.2) is 41.2 Å². The van der Waals surface area contributed by atoms with Crippen LogP contribution in [0, 0.1) is 0 Å². The van der Waals surface area contributed by atoms with Crippen molar-refractivity contribution in [3.8, 4) is 0 Å². The SMILES string of the molecule is CNCc1noc(C2CCN(C(C)C)CC2)n1. The summed E-state index contributed by atoms with van der Waals surface area (Å²) in [4.78, 5) is 6.94. The highest BCUT2D eigenvalue weighted by molar-refractivity contribution is 4.96. The Bertz CT molecular complexity index is 342. The van der Waals surface area contributed by atoms with Gasteiger partial charge in [-0.15, -0.1) is 0 Å². The van der Waals surface area contributed by atoms with E-state index in [0.29, 0.717) is 18.5 Å². The second kappa shape index (κ2) is 5.60. The van der Waals surface area contributed by atoms with Crippen molar-refractivity contribution in [1.29, 1.82) is 0 Å².